The van der Waals surface area contributed by atoms with Gasteiger partial charge in [0.15, 0.2) is 0 Å². The van der Waals surface area contributed by atoms with Crippen LogP contribution in [0.3, 0.4) is 0 Å². The zero-order chi connectivity index (χ0) is 13.8. The number of carbonyl (C=O) groups is 1. The maximum atomic E-state index is 12.2. The number of nitrogens with one attached hydrogen (secondary N) is 2. The number of hydrogen-bond acceptors (Lipinski definition) is 4. The predicted octanol–water partition coefficient (Wildman–Crippen LogP) is 1.55. The summed E-state index contributed by atoms with van der Waals surface area (Å²) in [6.45, 7) is 9.20. The minimum Gasteiger partial charge on any atom is -0.461 e. The van der Waals surface area contributed by atoms with Gasteiger partial charge in [0.2, 0.25) is 0 Å². The molecule has 0 aromatic carbocycles. The van der Waals surface area contributed by atoms with E-state index in [-0.39, 0.29) is 18.1 Å². The normalized spacial score (nSPS) is 36.2. The van der Waals surface area contributed by atoms with Gasteiger partial charge in [0, 0.05) is 19.6 Å². The largest absolute Gasteiger partial charge is 0.461 e. The van der Waals surface area contributed by atoms with E-state index >= 15 is 0 Å². The van der Waals surface area contributed by atoms with E-state index in [0.29, 0.717) is 24.3 Å². The molecule has 0 aromatic rings. The topological polar surface area (TPSA) is 50.4 Å². The van der Waals surface area contributed by atoms with Crippen molar-refractivity contribution in [2.45, 2.75) is 52.2 Å². The molecule has 0 spiro atoms. The lowest BCUT2D eigenvalue weighted by atomic mass is 9.75. The lowest BCUT2D eigenvalue weighted by molar-refractivity contribution is -0.158. The lowest BCUT2D eigenvalue weighted by Gasteiger charge is -2.37. The molecule has 1 saturated heterocycles. The molecule has 4 heteroatoms. The van der Waals surface area contributed by atoms with Crippen molar-refractivity contribution in [2.24, 2.45) is 17.8 Å². The second-order valence-corrected chi connectivity index (χ2v) is 6.51. The molecule has 1 aliphatic heterocycles. The van der Waals surface area contributed by atoms with E-state index in [0.717, 1.165) is 19.5 Å². The van der Waals surface area contributed by atoms with E-state index < -0.39 is 0 Å². The number of ether oxygens (including phenoxy) is 1. The molecule has 0 amide bonds. The smallest absolute Gasteiger partial charge is 0.324 e. The Morgan fingerprint density at radius 2 is 2.05 bits per heavy atom. The van der Waals surface area contributed by atoms with Crippen LogP contribution in [0.2, 0.25) is 0 Å². The molecule has 2 aliphatic rings. The summed E-state index contributed by atoms with van der Waals surface area (Å²) in [5.74, 6) is 1.71. The van der Waals surface area contributed by atoms with Gasteiger partial charge in [-0.2, -0.15) is 0 Å². The van der Waals surface area contributed by atoms with Crippen LogP contribution in [0.5, 0.6) is 0 Å². The fourth-order valence-electron chi connectivity index (χ4n) is 3.30. The Hall–Kier alpha value is -0.610. The second-order valence-electron chi connectivity index (χ2n) is 6.51. The lowest BCUT2D eigenvalue weighted by Crippen LogP contribution is -2.54. The van der Waals surface area contributed by atoms with Gasteiger partial charge in [-0.05, 0) is 30.6 Å². The van der Waals surface area contributed by atoms with Crippen molar-refractivity contribution < 1.29 is 9.53 Å². The third kappa shape index (κ3) is 3.93. The quantitative estimate of drug-likeness (QED) is 0.763. The molecule has 19 heavy (non-hydrogen) atoms. The van der Waals surface area contributed by atoms with Gasteiger partial charge in [-0.15, -0.1) is 0 Å². The highest BCUT2D eigenvalue weighted by Gasteiger charge is 2.35. The average molecular weight is 268 g/mol. The van der Waals surface area contributed by atoms with Gasteiger partial charge in [0.1, 0.15) is 12.1 Å². The molecule has 2 fully saturated rings. The van der Waals surface area contributed by atoms with Crippen LogP contribution >= 0.6 is 0 Å². The Morgan fingerprint density at radius 3 is 2.68 bits per heavy atom. The van der Waals surface area contributed by atoms with Crippen LogP contribution < -0.4 is 10.6 Å². The molecule has 4 nitrogen and oxygen atoms in total. The molecular weight excluding hydrogens is 240 g/mol. The third-order valence-corrected chi connectivity index (χ3v) is 4.55. The van der Waals surface area contributed by atoms with Crippen molar-refractivity contribution in [2.75, 3.05) is 19.6 Å². The molecule has 4 atom stereocenters. The first-order chi connectivity index (χ1) is 9.08. The Balaban J connectivity index is 1.92. The van der Waals surface area contributed by atoms with Crippen molar-refractivity contribution in [1.29, 1.82) is 0 Å². The Morgan fingerprint density at radius 1 is 1.26 bits per heavy atom. The van der Waals surface area contributed by atoms with E-state index in [2.05, 4.69) is 31.4 Å². The molecule has 1 saturated carbocycles. The summed E-state index contributed by atoms with van der Waals surface area (Å²) in [5.41, 5.74) is 0. The molecule has 2 N–H and O–H groups in total. The first-order valence-electron chi connectivity index (χ1n) is 7.72. The van der Waals surface area contributed by atoms with Crippen LogP contribution in [0.15, 0.2) is 0 Å². The van der Waals surface area contributed by atoms with Crippen LogP contribution in [0.25, 0.3) is 0 Å². The van der Waals surface area contributed by atoms with Gasteiger partial charge in [0.25, 0.3) is 0 Å². The van der Waals surface area contributed by atoms with Crippen LogP contribution in [0, 0.1) is 17.8 Å². The van der Waals surface area contributed by atoms with Crippen LogP contribution in [-0.2, 0) is 9.53 Å². The number of piperazine rings is 1. The summed E-state index contributed by atoms with van der Waals surface area (Å²) in [5, 5.41) is 6.46. The Bertz CT molecular complexity index is 301. The third-order valence-electron chi connectivity index (χ3n) is 4.55. The fourth-order valence-corrected chi connectivity index (χ4v) is 3.30. The van der Waals surface area contributed by atoms with E-state index in [1.165, 1.54) is 12.8 Å². The van der Waals surface area contributed by atoms with Gasteiger partial charge < -0.3 is 15.4 Å². The first-order valence-corrected chi connectivity index (χ1v) is 7.72. The molecular formula is C15H28N2O2. The van der Waals surface area contributed by atoms with E-state index in [9.17, 15) is 4.79 Å². The molecule has 1 unspecified atom stereocenters. The Kier molecular flexibility index (Phi) is 5.22. The summed E-state index contributed by atoms with van der Waals surface area (Å²) in [7, 11) is 0. The van der Waals surface area contributed by atoms with Gasteiger partial charge in [0.05, 0.1) is 0 Å². The van der Waals surface area contributed by atoms with Crippen LogP contribution in [0.1, 0.15) is 40.0 Å². The molecule has 0 aromatic heterocycles. The van der Waals surface area contributed by atoms with E-state index in [1.807, 2.05) is 0 Å². The van der Waals surface area contributed by atoms with Crippen molar-refractivity contribution >= 4 is 5.97 Å². The summed E-state index contributed by atoms with van der Waals surface area (Å²) in [4.78, 5) is 12.2. The summed E-state index contributed by atoms with van der Waals surface area (Å²) in [6, 6.07) is -0.168. The van der Waals surface area contributed by atoms with Gasteiger partial charge >= 0.3 is 5.97 Å². The highest BCUT2D eigenvalue weighted by atomic mass is 16.5. The number of rotatable bonds is 3. The molecule has 0 bridgehead atoms. The number of esters is 1. The molecule has 0 radical (unpaired) electrons. The summed E-state index contributed by atoms with van der Waals surface area (Å²) >= 11 is 0. The second kappa shape index (κ2) is 6.71. The van der Waals surface area contributed by atoms with Crippen LogP contribution in [-0.4, -0.2) is 37.7 Å². The van der Waals surface area contributed by atoms with Crippen molar-refractivity contribution in [3.8, 4) is 0 Å². The highest BCUT2D eigenvalue weighted by molar-refractivity contribution is 5.76. The summed E-state index contributed by atoms with van der Waals surface area (Å²) < 4.78 is 5.83. The minimum absolute atomic E-state index is 0.0723. The number of hydrogen-bond donors (Lipinski definition) is 2. The van der Waals surface area contributed by atoms with Gasteiger partial charge in [-0.25, -0.2) is 0 Å². The molecule has 110 valence electrons. The van der Waals surface area contributed by atoms with Gasteiger partial charge in [-0.1, -0.05) is 27.2 Å². The minimum atomic E-state index is -0.168. The zero-order valence-electron chi connectivity index (χ0n) is 12.4. The predicted molar refractivity (Wildman–Crippen MR) is 75.9 cm³/mol. The zero-order valence-corrected chi connectivity index (χ0v) is 12.4. The maximum Gasteiger partial charge on any atom is 0.324 e. The molecule has 1 aliphatic carbocycles. The first kappa shape index (κ1) is 14.8. The summed E-state index contributed by atoms with van der Waals surface area (Å²) in [6.07, 6.45) is 3.59. The monoisotopic (exact) mass is 268 g/mol. The standard InChI is InChI=1S/C15H28N2O2/c1-10(2)12-5-4-11(3)8-14(12)19-15(18)13-9-16-6-7-17-13/h10-14,16-17H,4-9H2,1-3H3/t11-,12+,13?,14-/m1/s1. The SMILES string of the molecule is CC(C)[C@@H]1CC[C@@H](C)C[C@H]1OC(=O)C1CNCCN1. The van der Waals surface area contributed by atoms with Crippen molar-refractivity contribution in [1.82, 2.24) is 10.6 Å². The van der Waals surface area contributed by atoms with Crippen molar-refractivity contribution in [3.05, 3.63) is 0 Å². The van der Waals surface area contributed by atoms with E-state index in [1.54, 1.807) is 0 Å². The Labute approximate surface area is 116 Å². The maximum absolute atomic E-state index is 12.2. The molecule has 2 rings (SSSR count). The van der Waals surface area contributed by atoms with E-state index in [4.69, 9.17) is 4.74 Å². The molecule has 1 heterocycles. The average Bonchev–Trinajstić information content (AvgIpc) is 2.39. The van der Waals surface area contributed by atoms with Crippen LogP contribution in [0.4, 0.5) is 0 Å². The number of carbonyl (C=O) groups excluding carboxylic acids is 1. The van der Waals surface area contributed by atoms with Gasteiger partial charge in [-0.3, -0.25) is 4.79 Å². The fraction of sp³-hybridized carbons (Fsp3) is 0.933. The highest BCUT2D eigenvalue weighted by Crippen LogP contribution is 2.35. The van der Waals surface area contributed by atoms with Crippen molar-refractivity contribution in [3.63, 3.8) is 0 Å².